The number of hydroxylamine groups is 1. The highest BCUT2D eigenvalue weighted by Gasteiger charge is 2.26. The van der Waals surface area contributed by atoms with E-state index in [0.717, 1.165) is 10.9 Å². The fourth-order valence-corrected chi connectivity index (χ4v) is 3.26. The Morgan fingerprint density at radius 3 is 2.79 bits per heavy atom. The van der Waals surface area contributed by atoms with Gasteiger partial charge in [-0.05, 0) is 39.0 Å². The number of anilines is 1. The van der Waals surface area contributed by atoms with Gasteiger partial charge in [-0.15, -0.1) is 0 Å². The highest BCUT2D eigenvalue weighted by atomic mass is 16.6. The van der Waals surface area contributed by atoms with Crippen LogP contribution in [0.2, 0.25) is 0 Å². The standard InChI is InChI=1S/C19H21N7O2/c1-19(2,3)26-17-14(16(20)22-9-23-17)15(24-26)11-8-13-10(5-6-21-13)7-12(11)18(27)25-28-4/h5-9,21H,1-4H3,(H,25,27)(H2,20,22,23). The van der Waals surface area contributed by atoms with Gasteiger partial charge in [0.1, 0.15) is 17.8 Å². The fourth-order valence-electron chi connectivity index (χ4n) is 3.26. The molecule has 0 aliphatic heterocycles. The number of hydrogen-bond acceptors (Lipinski definition) is 6. The van der Waals surface area contributed by atoms with Gasteiger partial charge in [-0.25, -0.2) is 20.1 Å². The van der Waals surface area contributed by atoms with Gasteiger partial charge in [0.2, 0.25) is 0 Å². The molecule has 0 saturated carbocycles. The maximum absolute atomic E-state index is 12.7. The molecule has 4 N–H and O–H groups in total. The SMILES string of the molecule is CONC(=O)c1cc2cc[nH]c2cc1-c1nn(C(C)(C)C)c2ncnc(N)c12. The molecular weight excluding hydrogens is 358 g/mol. The molecule has 28 heavy (non-hydrogen) atoms. The van der Waals surface area contributed by atoms with Crippen LogP contribution in [0.25, 0.3) is 33.2 Å². The lowest BCUT2D eigenvalue weighted by Crippen LogP contribution is -2.24. The molecule has 4 aromatic rings. The molecule has 9 heteroatoms. The third-order valence-electron chi connectivity index (χ3n) is 4.52. The molecule has 0 unspecified atom stereocenters. The predicted molar refractivity (Wildman–Crippen MR) is 106 cm³/mol. The molecule has 3 heterocycles. The first kappa shape index (κ1) is 17.9. The minimum Gasteiger partial charge on any atom is -0.383 e. The van der Waals surface area contributed by atoms with E-state index < -0.39 is 0 Å². The lowest BCUT2D eigenvalue weighted by Gasteiger charge is -2.19. The van der Waals surface area contributed by atoms with Crippen molar-refractivity contribution in [2.45, 2.75) is 26.3 Å². The fraction of sp³-hybridized carbons (Fsp3) is 0.263. The Labute approximate surface area is 160 Å². The van der Waals surface area contributed by atoms with Crippen LogP contribution >= 0.6 is 0 Å². The van der Waals surface area contributed by atoms with Crippen LogP contribution in [-0.4, -0.2) is 37.7 Å². The van der Waals surface area contributed by atoms with Crippen LogP contribution in [0.5, 0.6) is 0 Å². The number of fused-ring (bicyclic) bond motifs is 2. The number of carbonyl (C=O) groups is 1. The van der Waals surface area contributed by atoms with Crippen molar-refractivity contribution in [3.8, 4) is 11.3 Å². The molecule has 0 aliphatic rings. The molecule has 0 aliphatic carbocycles. The third kappa shape index (κ3) is 2.76. The summed E-state index contributed by atoms with van der Waals surface area (Å²) in [6, 6.07) is 5.56. The highest BCUT2D eigenvalue weighted by molar-refractivity contribution is 6.09. The van der Waals surface area contributed by atoms with E-state index in [1.165, 1.54) is 13.4 Å². The molecule has 0 saturated heterocycles. The number of nitrogens with two attached hydrogens (primary N) is 1. The van der Waals surface area contributed by atoms with E-state index in [4.69, 9.17) is 15.7 Å². The molecule has 1 aromatic carbocycles. The molecule has 1 amide bonds. The number of nitrogens with one attached hydrogen (secondary N) is 2. The van der Waals surface area contributed by atoms with Crippen LogP contribution in [0.1, 0.15) is 31.1 Å². The summed E-state index contributed by atoms with van der Waals surface area (Å²) in [5.74, 6) is -0.0744. The Balaban J connectivity index is 2.09. The second-order valence-corrected chi connectivity index (χ2v) is 7.49. The Morgan fingerprint density at radius 1 is 1.29 bits per heavy atom. The summed E-state index contributed by atoms with van der Waals surface area (Å²) in [5, 5.41) is 6.29. The van der Waals surface area contributed by atoms with Crippen LogP contribution in [0.4, 0.5) is 5.82 Å². The number of benzene rings is 1. The van der Waals surface area contributed by atoms with Crippen molar-refractivity contribution in [3.63, 3.8) is 0 Å². The van der Waals surface area contributed by atoms with Crippen molar-refractivity contribution in [2.24, 2.45) is 0 Å². The van der Waals surface area contributed by atoms with Crippen molar-refractivity contribution in [1.29, 1.82) is 0 Å². The van der Waals surface area contributed by atoms with Gasteiger partial charge < -0.3 is 10.7 Å². The monoisotopic (exact) mass is 379 g/mol. The summed E-state index contributed by atoms with van der Waals surface area (Å²) in [7, 11) is 1.39. The minimum atomic E-state index is -0.380. The number of amides is 1. The van der Waals surface area contributed by atoms with Crippen LogP contribution in [-0.2, 0) is 10.4 Å². The Kier molecular flexibility index (Phi) is 4.04. The zero-order valence-electron chi connectivity index (χ0n) is 16.1. The van der Waals surface area contributed by atoms with Crippen LogP contribution < -0.4 is 11.2 Å². The molecule has 0 radical (unpaired) electrons. The number of H-pyrrole nitrogens is 1. The summed E-state index contributed by atoms with van der Waals surface area (Å²) in [4.78, 5) is 29.2. The van der Waals surface area contributed by atoms with Crippen LogP contribution in [0.15, 0.2) is 30.7 Å². The number of rotatable bonds is 3. The molecule has 0 spiro atoms. The molecule has 9 nitrogen and oxygen atoms in total. The third-order valence-corrected chi connectivity index (χ3v) is 4.52. The number of carbonyl (C=O) groups excluding carboxylic acids is 1. The maximum atomic E-state index is 12.7. The maximum Gasteiger partial charge on any atom is 0.275 e. The van der Waals surface area contributed by atoms with Crippen LogP contribution in [0.3, 0.4) is 0 Å². The second-order valence-electron chi connectivity index (χ2n) is 7.49. The molecule has 0 atom stereocenters. The van der Waals surface area contributed by atoms with Crippen LogP contribution in [0, 0.1) is 0 Å². The first-order valence-electron chi connectivity index (χ1n) is 8.75. The Morgan fingerprint density at radius 2 is 2.07 bits per heavy atom. The van der Waals surface area contributed by atoms with Crippen molar-refractivity contribution in [2.75, 3.05) is 12.8 Å². The van der Waals surface area contributed by atoms with Gasteiger partial charge in [-0.1, -0.05) is 0 Å². The molecule has 144 valence electrons. The zero-order valence-corrected chi connectivity index (χ0v) is 16.1. The molecule has 4 rings (SSSR count). The average molecular weight is 379 g/mol. The van der Waals surface area contributed by atoms with E-state index in [1.807, 2.05) is 39.1 Å². The Bertz CT molecular complexity index is 1200. The average Bonchev–Trinajstić information content (AvgIpc) is 3.25. The van der Waals surface area contributed by atoms with Crippen molar-refractivity contribution in [1.82, 2.24) is 30.2 Å². The lowest BCUT2D eigenvalue weighted by atomic mass is 10.00. The minimum absolute atomic E-state index is 0.306. The number of nitrogens with zero attached hydrogens (tertiary/aromatic N) is 4. The summed E-state index contributed by atoms with van der Waals surface area (Å²) in [6.45, 7) is 6.07. The van der Waals surface area contributed by atoms with Crippen molar-refractivity contribution < 1.29 is 9.63 Å². The topological polar surface area (TPSA) is 124 Å². The lowest BCUT2D eigenvalue weighted by molar-refractivity contribution is 0.0538. The second kappa shape index (κ2) is 6.31. The number of hydrogen-bond donors (Lipinski definition) is 3. The number of nitrogen functional groups attached to an aromatic ring is 1. The van der Waals surface area contributed by atoms with Gasteiger partial charge in [-0.2, -0.15) is 5.10 Å². The largest absolute Gasteiger partial charge is 0.383 e. The summed E-state index contributed by atoms with van der Waals surface area (Å²) in [5.41, 5.74) is 11.3. The molecule has 0 fully saturated rings. The molecule has 0 bridgehead atoms. The van der Waals surface area contributed by atoms with Crippen molar-refractivity contribution in [3.05, 3.63) is 36.3 Å². The smallest absolute Gasteiger partial charge is 0.275 e. The predicted octanol–water partition coefficient (Wildman–Crippen LogP) is 2.60. The molecule has 3 aromatic heterocycles. The highest BCUT2D eigenvalue weighted by Crippen LogP contribution is 2.36. The van der Waals surface area contributed by atoms with Gasteiger partial charge in [0.05, 0.1) is 23.6 Å². The van der Waals surface area contributed by atoms with Gasteiger partial charge in [-0.3, -0.25) is 9.63 Å². The summed E-state index contributed by atoms with van der Waals surface area (Å²) in [6.07, 6.45) is 3.23. The quantitative estimate of drug-likeness (QED) is 0.470. The number of aromatic nitrogens is 5. The first-order valence-corrected chi connectivity index (χ1v) is 8.75. The van der Waals surface area contributed by atoms with Gasteiger partial charge >= 0.3 is 0 Å². The van der Waals surface area contributed by atoms with Gasteiger partial charge in [0.15, 0.2) is 5.65 Å². The zero-order chi connectivity index (χ0) is 20.1. The van der Waals surface area contributed by atoms with E-state index in [-0.39, 0.29) is 11.4 Å². The van der Waals surface area contributed by atoms with Crippen molar-refractivity contribution >= 4 is 33.7 Å². The van der Waals surface area contributed by atoms with Gasteiger partial charge in [0, 0.05) is 22.7 Å². The normalized spacial score (nSPS) is 12.0. The summed E-state index contributed by atoms with van der Waals surface area (Å²) < 4.78 is 1.80. The Hall–Kier alpha value is -3.46. The van der Waals surface area contributed by atoms with E-state index in [0.29, 0.717) is 33.7 Å². The number of aromatic amines is 1. The van der Waals surface area contributed by atoms with E-state index in [1.54, 1.807) is 10.7 Å². The first-order chi connectivity index (χ1) is 13.3. The molecular formula is C19H21N7O2. The van der Waals surface area contributed by atoms with E-state index >= 15 is 0 Å². The van der Waals surface area contributed by atoms with E-state index in [2.05, 4.69) is 20.4 Å². The van der Waals surface area contributed by atoms with Gasteiger partial charge in [0.25, 0.3) is 5.91 Å². The van der Waals surface area contributed by atoms with E-state index in [9.17, 15) is 4.79 Å². The summed E-state index contributed by atoms with van der Waals surface area (Å²) >= 11 is 0.